The van der Waals surface area contributed by atoms with Crippen LogP contribution >= 0.6 is 0 Å². The average Bonchev–Trinajstić information content (AvgIpc) is 2.44. The van der Waals surface area contributed by atoms with Gasteiger partial charge >= 0.3 is 0 Å². The maximum absolute atomic E-state index is 11.9. The zero-order chi connectivity index (χ0) is 15.8. The third kappa shape index (κ3) is 6.27. The first-order valence-corrected chi connectivity index (χ1v) is 6.92. The Morgan fingerprint density at radius 3 is 2.67 bits per heavy atom. The highest BCUT2D eigenvalue weighted by molar-refractivity contribution is 5.94. The molecule has 0 unspecified atom stereocenters. The van der Waals surface area contributed by atoms with Gasteiger partial charge in [-0.05, 0) is 24.5 Å². The third-order valence-corrected chi connectivity index (χ3v) is 2.81. The number of carbonyl (C=O) groups is 2. The Balaban J connectivity index is 2.59. The minimum atomic E-state index is -0.541. The van der Waals surface area contributed by atoms with Crippen LogP contribution in [0.1, 0.15) is 20.3 Å². The van der Waals surface area contributed by atoms with Crippen molar-refractivity contribution in [2.45, 2.75) is 26.3 Å². The highest BCUT2D eigenvalue weighted by atomic mass is 16.5. The van der Waals surface area contributed by atoms with Gasteiger partial charge in [-0.15, -0.1) is 0 Å². The molecule has 0 heterocycles. The topological polar surface area (TPSA) is 93.5 Å². The van der Waals surface area contributed by atoms with E-state index in [-0.39, 0.29) is 18.4 Å². The van der Waals surface area contributed by atoms with Gasteiger partial charge in [0, 0.05) is 18.8 Å². The van der Waals surface area contributed by atoms with Crippen LogP contribution in [0.3, 0.4) is 0 Å². The van der Waals surface area contributed by atoms with E-state index >= 15 is 0 Å². The first kappa shape index (κ1) is 17.0. The van der Waals surface area contributed by atoms with Crippen LogP contribution < -0.4 is 21.1 Å². The van der Waals surface area contributed by atoms with E-state index in [2.05, 4.69) is 10.6 Å². The van der Waals surface area contributed by atoms with E-state index in [1.165, 1.54) is 0 Å². The fraction of sp³-hybridized carbons (Fsp3) is 0.467. The molecule has 6 heteroatoms. The van der Waals surface area contributed by atoms with Crippen LogP contribution in [-0.4, -0.2) is 31.5 Å². The molecular formula is C15H23N3O3. The molecule has 0 spiro atoms. The number of benzene rings is 1. The van der Waals surface area contributed by atoms with Gasteiger partial charge in [0.15, 0.2) is 6.61 Å². The zero-order valence-corrected chi connectivity index (χ0v) is 12.7. The van der Waals surface area contributed by atoms with Crippen LogP contribution in [-0.2, 0) is 9.59 Å². The summed E-state index contributed by atoms with van der Waals surface area (Å²) in [6, 6.07) is 6.31. The van der Waals surface area contributed by atoms with Crippen LogP contribution in [0.25, 0.3) is 0 Å². The Labute approximate surface area is 125 Å². The molecule has 0 aliphatic rings. The Hall–Kier alpha value is -2.08. The number of hydrogen-bond donors (Lipinski definition) is 3. The van der Waals surface area contributed by atoms with E-state index in [0.717, 1.165) is 0 Å². The maximum atomic E-state index is 11.9. The van der Waals surface area contributed by atoms with E-state index in [1.807, 2.05) is 13.8 Å². The molecule has 2 amide bonds. The van der Waals surface area contributed by atoms with Gasteiger partial charge in [0.1, 0.15) is 5.75 Å². The molecule has 0 saturated heterocycles. The molecule has 0 aromatic heterocycles. The van der Waals surface area contributed by atoms with Crippen LogP contribution in [0, 0.1) is 5.92 Å². The number of anilines is 1. The van der Waals surface area contributed by atoms with Gasteiger partial charge in [0.05, 0.1) is 6.04 Å². The summed E-state index contributed by atoms with van der Waals surface area (Å²) >= 11 is 0. The summed E-state index contributed by atoms with van der Waals surface area (Å²) in [5.41, 5.74) is 6.42. The Morgan fingerprint density at radius 2 is 2.05 bits per heavy atom. The highest BCUT2D eigenvalue weighted by Crippen LogP contribution is 2.17. The van der Waals surface area contributed by atoms with Crippen molar-refractivity contribution in [2.24, 2.45) is 11.7 Å². The minimum Gasteiger partial charge on any atom is -0.484 e. The van der Waals surface area contributed by atoms with Crippen molar-refractivity contribution in [2.75, 3.05) is 19.0 Å². The Bertz CT molecular complexity index is 489. The zero-order valence-electron chi connectivity index (χ0n) is 12.7. The summed E-state index contributed by atoms with van der Waals surface area (Å²) in [5, 5.41) is 5.21. The lowest BCUT2D eigenvalue weighted by atomic mass is 10.0. The molecule has 0 fully saturated rings. The van der Waals surface area contributed by atoms with Crippen molar-refractivity contribution >= 4 is 17.5 Å². The molecule has 0 saturated carbocycles. The molecule has 21 heavy (non-hydrogen) atoms. The van der Waals surface area contributed by atoms with Gasteiger partial charge in [-0.3, -0.25) is 9.59 Å². The monoisotopic (exact) mass is 293 g/mol. The van der Waals surface area contributed by atoms with E-state index in [4.69, 9.17) is 10.5 Å². The van der Waals surface area contributed by atoms with Crippen molar-refractivity contribution < 1.29 is 14.3 Å². The van der Waals surface area contributed by atoms with Gasteiger partial charge < -0.3 is 21.1 Å². The minimum absolute atomic E-state index is 0.0687. The van der Waals surface area contributed by atoms with Crippen molar-refractivity contribution in [1.29, 1.82) is 0 Å². The number of ether oxygens (including phenoxy) is 1. The second-order valence-corrected chi connectivity index (χ2v) is 5.21. The van der Waals surface area contributed by atoms with Crippen molar-refractivity contribution in [3.05, 3.63) is 24.3 Å². The molecule has 6 nitrogen and oxygen atoms in total. The molecule has 0 bridgehead atoms. The average molecular weight is 293 g/mol. The molecular weight excluding hydrogens is 270 g/mol. The van der Waals surface area contributed by atoms with E-state index in [1.54, 1.807) is 31.3 Å². The Morgan fingerprint density at radius 1 is 1.33 bits per heavy atom. The molecule has 1 rings (SSSR count). The second kappa shape index (κ2) is 8.26. The maximum Gasteiger partial charge on any atom is 0.257 e. The molecule has 1 aromatic rings. The number of rotatable bonds is 7. The summed E-state index contributed by atoms with van der Waals surface area (Å²) in [5.74, 6) is 0.414. The predicted molar refractivity (Wildman–Crippen MR) is 82.1 cm³/mol. The molecule has 0 aliphatic heterocycles. The Kier molecular flexibility index (Phi) is 6.68. The lowest BCUT2D eigenvalue weighted by Crippen LogP contribution is -2.36. The highest BCUT2D eigenvalue weighted by Gasteiger charge is 2.15. The second-order valence-electron chi connectivity index (χ2n) is 5.21. The number of carbonyl (C=O) groups excluding carboxylic acids is 2. The summed E-state index contributed by atoms with van der Waals surface area (Å²) < 4.78 is 5.31. The number of likely N-dealkylation sites (N-methyl/N-ethyl adjacent to an activating group) is 1. The standard InChI is InChI=1S/C15H23N3O3/c1-10(2)7-13(16)15(20)18-11-5-4-6-12(8-11)21-9-14(19)17-3/h4-6,8,10,13H,7,9,16H2,1-3H3,(H,17,19)(H,18,20)/t13-/m0/s1. The van der Waals surface area contributed by atoms with E-state index < -0.39 is 6.04 Å². The number of hydrogen-bond acceptors (Lipinski definition) is 4. The van der Waals surface area contributed by atoms with E-state index in [9.17, 15) is 9.59 Å². The summed E-state index contributed by atoms with van der Waals surface area (Å²) in [6.45, 7) is 3.96. The van der Waals surface area contributed by atoms with Crippen LogP contribution in [0.2, 0.25) is 0 Å². The van der Waals surface area contributed by atoms with Gasteiger partial charge in [-0.1, -0.05) is 19.9 Å². The molecule has 0 aliphatic carbocycles. The largest absolute Gasteiger partial charge is 0.484 e. The van der Waals surface area contributed by atoms with Gasteiger partial charge in [-0.25, -0.2) is 0 Å². The number of amides is 2. The predicted octanol–water partition coefficient (Wildman–Crippen LogP) is 1.12. The van der Waals surface area contributed by atoms with Crippen molar-refractivity contribution in [3.8, 4) is 5.75 Å². The molecule has 1 aromatic carbocycles. The first-order chi connectivity index (χ1) is 9.92. The van der Waals surface area contributed by atoms with Gasteiger partial charge in [-0.2, -0.15) is 0 Å². The van der Waals surface area contributed by atoms with Crippen LogP contribution in [0.5, 0.6) is 5.75 Å². The summed E-state index contributed by atoms with van der Waals surface area (Å²) in [7, 11) is 1.54. The lowest BCUT2D eigenvalue weighted by Gasteiger charge is -2.14. The number of nitrogens with one attached hydrogen (secondary N) is 2. The SMILES string of the molecule is CNC(=O)COc1cccc(NC(=O)[C@@H](N)CC(C)C)c1. The summed E-state index contributed by atoms with van der Waals surface area (Å²) in [6.07, 6.45) is 0.624. The van der Waals surface area contributed by atoms with Gasteiger partial charge in [0.25, 0.3) is 5.91 Å². The van der Waals surface area contributed by atoms with Crippen LogP contribution in [0.15, 0.2) is 24.3 Å². The van der Waals surface area contributed by atoms with Crippen LogP contribution in [0.4, 0.5) is 5.69 Å². The quantitative estimate of drug-likeness (QED) is 0.702. The smallest absolute Gasteiger partial charge is 0.257 e. The van der Waals surface area contributed by atoms with E-state index in [0.29, 0.717) is 23.8 Å². The lowest BCUT2D eigenvalue weighted by molar-refractivity contribution is -0.122. The molecule has 0 radical (unpaired) electrons. The fourth-order valence-corrected chi connectivity index (χ4v) is 1.73. The number of nitrogens with two attached hydrogens (primary N) is 1. The molecule has 1 atom stereocenters. The molecule has 4 N–H and O–H groups in total. The fourth-order valence-electron chi connectivity index (χ4n) is 1.73. The van der Waals surface area contributed by atoms with Gasteiger partial charge in [0.2, 0.25) is 5.91 Å². The third-order valence-electron chi connectivity index (χ3n) is 2.81. The summed E-state index contributed by atoms with van der Waals surface area (Å²) in [4.78, 5) is 23.0. The molecule has 116 valence electrons. The first-order valence-electron chi connectivity index (χ1n) is 6.92. The van der Waals surface area contributed by atoms with Crippen molar-refractivity contribution in [1.82, 2.24) is 5.32 Å². The van der Waals surface area contributed by atoms with Crippen molar-refractivity contribution in [3.63, 3.8) is 0 Å². The normalized spacial score (nSPS) is 11.9.